The zero-order chi connectivity index (χ0) is 18.6. The summed E-state index contributed by atoms with van der Waals surface area (Å²) in [5.41, 5.74) is 2.87. The van der Waals surface area contributed by atoms with Crippen molar-refractivity contribution >= 4 is 17.2 Å². The second-order valence-electron chi connectivity index (χ2n) is 5.79. The van der Waals surface area contributed by atoms with Crippen molar-refractivity contribution in [3.05, 3.63) is 77.3 Å². The maximum Gasteiger partial charge on any atom is 0.255 e. The number of amides is 1. The van der Waals surface area contributed by atoms with E-state index in [4.69, 9.17) is 0 Å². The van der Waals surface area contributed by atoms with Crippen molar-refractivity contribution in [1.29, 1.82) is 0 Å². The molecule has 4 heterocycles. The minimum absolute atomic E-state index is 0.193. The first-order valence-electron chi connectivity index (χ1n) is 8.32. The average molecular weight is 376 g/mol. The lowest BCUT2D eigenvalue weighted by Gasteiger charge is -2.05. The van der Waals surface area contributed by atoms with Crippen molar-refractivity contribution < 1.29 is 4.79 Å². The lowest BCUT2D eigenvalue weighted by molar-refractivity contribution is 0.0950. The van der Waals surface area contributed by atoms with E-state index < -0.39 is 0 Å². The highest BCUT2D eigenvalue weighted by Gasteiger charge is 2.16. The molecule has 0 saturated heterocycles. The highest BCUT2D eigenvalue weighted by atomic mass is 32.1. The van der Waals surface area contributed by atoms with Crippen LogP contribution in [0.25, 0.3) is 16.5 Å². The second-order valence-corrected chi connectivity index (χ2v) is 6.64. The SMILES string of the molecule is Cc1c(C(=O)NCc2csc(-c3ccccn3)n2)cnn1-c1ccccn1. The molecule has 1 N–H and O–H groups in total. The Labute approximate surface area is 159 Å². The number of thiazole rings is 1. The van der Waals surface area contributed by atoms with E-state index in [0.29, 0.717) is 17.9 Å². The van der Waals surface area contributed by atoms with E-state index >= 15 is 0 Å². The number of nitrogens with one attached hydrogen (secondary N) is 1. The number of hydrogen-bond donors (Lipinski definition) is 1. The van der Waals surface area contributed by atoms with Crippen molar-refractivity contribution in [1.82, 2.24) is 30.0 Å². The quantitative estimate of drug-likeness (QED) is 0.579. The third kappa shape index (κ3) is 3.61. The van der Waals surface area contributed by atoms with E-state index in [2.05, 4.69) is 25.4 Å². The molecule has 0 unspecified atom stereocenters. The maximum absolute atomic E-state index is 12.5. The summed E-state index contributed by atoms with van der Waals surface area (Å²) in [4.78, 5) is 25.6. The highest BCUT2D eigenvalue weighted by molar-refractivity contribution is 7.13. The van der Waals surface area contributed by atoms with Crippen LogP contribution in [0.4, 0.5) is 0 Å². The van der Waals surface area contributed by atoms with Crippen LogP contribution in [0.5, 0.6) is 0 Å². The van der Waals surface area contributed by atoms with Crippen LogP contribution in [0.3, 0.4) is 0 Å². The molecule has 0 saturated carbocycles. The fraction of sp³-hybridized carbons (Fsp3) is 0.105. The van der Waals surface area contributed by atoms with Gasteiger partial charge in [0, 0.05) is 17.8 Å². The Balaban J connectivity index is 1.45. The monoisotopic (exact) mass is 376 g/mol. The van der Waals surface area contributed by atoms with Gasteiger partial charge in [-0.3, -0.25) is 9.78 Å². The molecule has 0 spiro atoms. The first-order chi connectivity index (χ1) is 13.2. The molecule has 0 radical (unpaired) electrons. The fourth-order valence-corrected chi connectivity index (χ4v) is 3.40. The molecule has 4 aromatic rings. The molecule has 27 heavy (non-hydrogen) atoms. The van der Waals surface area contributed by atoms with Crippen molar-refractivity contribution in [2.45, 2.75) is 13.5 Å². The van der Waals surface area contributed by atoms with E-state index in [1.165, 1.54) is 11.3 Å². The first-order valence-corrected chi connectivity index (χ1v) is 9.20. The van der Waals surface area contributed by atoms with Gasteiger partial charge in [0.05, 0.1) is 35.4 Å². The smallest absolute Gasteiger partial charge is 0.255 e. The third-order valence-electron chi connectivity index (χ3n) is 3.99. The molecular formula is C19H16N6OS. The summed E-state index contributed by atoms with van der Waals surface area (Å²) < 4.78 is 1.65. The second kappa shape index (κ2) is 7.46. The number of aromatic nitrogens is 5. The molecular weight excluding hydrogens is 360 g/mol. The first kappa shape index (κ1) is 17.0. The molecule has 0 bridgehead atoms. The maximum atomic E-state index is 12.5. The van der Waals surface area contributed by atoms with Gasteiger partial charge in [0.1, 0.15) is 5.01 Å². The Morgan fingerprint density at radius 3 is 2.70 bits per heavy atom. The summed E-state index contributed by atoms with van der Waals surface area (Å²) in [6.07, 6.45) is 4.98. The number of nitrogens with zero attached hydrogens (tertiary/aromatic N) is 5. The van der Waals surface area contributed by atoms with Crippen LogP contribution in [0.2, 0.25) is 0 Å². The van der Waals surface area contributed by atoms with E-state index in [0.717, 1.165) is 22.1 Å². The molecule has 4 aromatic heterocycles. The lowest BCUT2D eigenvalue weighted by Crippen LogP contribution is -2.23. The third-order valence-corrected chi connectivity index (χ3v) is 4.90. The minimum atomic E-state index is -0.193. The van der Waals surface area contributed by atoms with Gasteiger partial charge in [0.2, 0.25) is 0 Å². The van der Waals surface area contributed by atoms with Crippen molar-refractivity contribution in [3.8, 4) is 16.5 Å². The van der Waals surface area contributed by atoms with Gasteiger partial charge in [0.25, 0.3) is 5.91 Å². The van der Waals surface area contributed by atoms with Gasteiger partial charge in [-0.25, -0.2) is 14.6 Å². The van der Waals surface area contributed by atoms with Crippen LogP contribution >= 0.6 is 11.3 Å². The average Bonchev–Trinajstić information content (AvgIpc) is 3.34. The van der Waals surface area contributed by atoms with E-state index in [-0.39, 0.29) is 5.91 Å². The number of hydrogen-bond acceptors (Lipinski definition) is 6. The highest BCUT2D eigenvalue weighted by Crippen LogP contribution is 2.21. The van der Waals surface area contributed by atoms with Gasteiger partial charge >= 0.3 is 0 Å². The van der Waals surface area contributed by atoms with Gasteiger partial charge in [0.15, 0.2) is 5.82 Å². The predicted molar refractivity (Wildman–Crippen MR) is 103 cm³/mol. The number of carbonyl (C=O) groups is 1. The molecule has 4 rings (SSSR count). The van der Waals surface area contributed by atoms with E-state index in [1.54, 1.807) is 23.3 Å². The zero-order valence-corrected chi connectivity index (χ0v) is 15.3. The Kier molecular flexibility index (Phi) is 4.71. The standard InChI is InChI=1S/C19H16N6OS/c1-13-15(11-23-25(13)17-7-3-5-9-21-17)18(26)22-10-14-12-27-19(24-14)16-6-2-4-8-20-16/h2-9,11-12H,10H2,1H3,(H,22,26). The summed E-state index contributed by atoms with van der Waals surface area (Å²) in [6, 6.07) is 11.3. The molecule has 0 aliphatic carbocycles. The predicted octanol–water partition coefficient (Wildman–Crippen LogP) is 3.02. The molecule has 0 aromatic carbocycles. The van der Waals surface area contributed by atoms with Gasteiger partial charge < -0.3 is 5.32 Å². The van der Waals surface area contributed by atoms with Crippen molar-refractivity contribution in [2.75, 3.05) is 0 Å². The van der Waals surface area contributed by atoms with Gasteiger partial charge in [-0.15, -0.1) is 11.3 Å². The number of pyridine rings is 2. The Morgan fingerprint density at radius 2 is 1.96 bits per heavy atom. The molecule has 134 valence electrons. The molecule has 0 aliphatic heterocycles. The molecule has 0 fully saturated rings. The van der Waals surface area contributed by atoms with Crippen LogP contribution in [0.1, 0.15) is 21.7 Å². The van der Waals surface area contributed by atoms with Crippen LogP contribution in [-0.4, -0.2) is 30.6 Å². The lowest BCUT2D eigenvalue weighted by atomic mass is 10.2. The van der Waals surface area contributed by atoms with Gasteiger partial charge in [-0.2, -0.15) is 5.10 Å². The summed E-state index contributed by atoms with van der Waals surface area (Å²) in [7, 11) is 0. The van der Waals surface area contributed by atoms with Crippen LogP contribution in [-0.2, 0) is 6.54 Å². The molecule has 8 heteroatoms. The van der Waals surface area contributed by atoms with Crippen LogP contribution < -0.4 is 5.32 Å². The number of rotatable bonds is 5. The van der Waals surface area contributed by atoms with E-state index in [1.807, 2.05) is 48.7 Å². The summed E-state index contributed by atoms with van der Waals surface area (Å²) in [5.74, 6) is 0.482. The Morgan fingerprint density at radius 1 is 1.15 bits per heavy atom. The van der Waals surface area contributed by atoms with Crippen molar-refractivity contribution in [2.24, 2.45) is 0 Å². The summed E-state index contributed by atoms with van der Waals surface area (Å²) >= 11 is 1.51. The summed E-state index contributed by atoms with van der Waals surface area (Å²) in [6.45, 7) is 2.19. The zero-order valence-electron chi connectivity index (χ0n) is 14.5. The summed E-state index contributed by atoms with van der Waals surface area (Å²) in [5, 5.41) is 9.93. The minimum Gasteiger partial charge on any atom is -0.346 e. The topological polar surface area (TPSA) is 85.6 Å². The number of carbonyl (C=O) groups excluding carboxylic acids is 1. The van der Waals surface area contributed by atoms with Crippen LogP contribution in [0, 0.1) is 6.92 Å². The fourth-order valence-electron chi connectivity index (χ4n) is 2.60. The molecule has 7 nitrogen and oxygen atoms in total. The Bertz CT molecular complexity index is 1060. The van der Waals surface area contributed by atoms with Gasteiger partial charge in [-0.1, -0.05) is 12.1 Å². The van der Waals surface area contributed by atoms with Crippen LogP contribution in [0.15, 0.2) is 60.4 Å². The van der Waals surface area contributed by atoms with Gasteiger partial charge in [-0.05, 0) is 31.2 Å². The van der Waals surface area contributed by atoms with E-state index in [9.17, 15) is 4.79 Å². The largest absolute Gasteiger partial charge is 0.346 e. The van der Waals surface area contributed by atoms with Crippen molar-refractivity contribution in [3.63, 3.8) is 0 Å². The normalized spacial score (nSPS) is 10.7. The molecule has 1 amide bonds. The molecule has 0 atom stereocenters. The Hall–Kier alpha value is -3.39. The molecule has 0 aliphatic rings.